The number of rotatable bonds is 9. The van der Waals surface area contributed by atoms with E-state index in [1.54, 1.807) is 6.07 Å². The van der Waals surface area contributed by atoms with E-state index in [0.717, 1.165) is 5.56 Å². The minimum absolute atomic E-state index is 0. The van der Waals surface area contributed by atoms with Crippen LogP contribution < -0.4 is 10.5 Å². The first-order chi connectivity index (χ1) is 13.5. The maximum Gasteiger partial charge on any atom is 0.304 e. The Hall–Kier alpha value is -3.04. The number of carbonyl (C=O) groups is 1. The summed E-state index contributed by atoms with van der Waals surface area (Å²) in [5, 5.41) is 20.5. The number of carboxylic acid groups (broad SMARTS) is 1. The Morgan fingerprint density at radius 1 is 1.24 bits per heavy atom. The van der Waals surface area contributed by atoms with Crippen LogP contribution >= 0.6 is 12.4 Å². The molecule has 3 N–H and O–H groups in total. The molecule has 0 fully saturated rings. The van der Waals surface area contributed by atoms with Gasteiger partial charge in [-0.25, -0.2) is 4.39 Å². The lowest BCUT2D eigenvalue weighted by atomic mass is 10.2. The van der Waals surface area contributed by atoms with Crippen molar-refractivity contribution < 1.29 is 19.0 Å². The third-order valence-electron chi connectivity index (χ3n) is 3.97. The molecule has 0 aliphatic rings. The van der Waals surface area contributed by atoms with Gasteiger partial charge >= 0.3 is 5.97 Å². The number of nitrogens with zero attached hydrogens (tertiary/aromatic N) is 4. The smallest absolute Gasteiger partial charge is 0.304 e. The summed E-state index contributed by atoms with van der Waals surface area (Å²) in [7, 11) is 0. The Bertz CT molecular complexity index is 939. The molecular weight excluding hydrogens is 401 g/mol. The van der Waals surface area contributed by atoms with Crippen molar-refractivity contribution in [3.8, 4) is 17.1 Å². The van der Waals surface area contributed by atoms with Crippen molar-refractivity contribution in [3.63, 3.8) is 0 Å². The molecule has 0 saturated heterocycles. The van der Waals surface area contributed by atoms with Gasteiger partial charge < -0.3 is 15.6 Å². The van der Waals surface area contributed by atoms with E-state index in [4.69, 9.17) is 15.6 Å². The lowest BCUT2D eigenvalue weighted by Gasteiger charge is -2.08. The first kappa shape index (κ1) is 22.3. The molecule has 0 amide bonds. The quantitative estimate of drug-likeness (QED) is 0.544. The second-order valence-electron chi connectivity index (χ2n) is 6.26. The molecule has 0 bridgehead atoms. The summed E-state index contributed by atoms with van der Waals surface area (Å²) >= 11 is 0. The molecule has 10 heteroatoms. The van der Waals surface area contributed by atoms with E-state index in [-0.39, 0.29) is 36.9 Å². The van der Waals surface area contributed by atoms with Crippen molar-refractivity contribution in [2.45, 2.75) is 25.4 Å². The van der Waals surface area contributed by atoms with Crippen LogP contribution in [0.3, 0.4) is 0 Å². The Labute approximate surface area is 172 Å². The maximum absolute atomic E-state index is 14.3. The summed E-state index contributed by atoms with van der Waals surface area (Å²) in [5.41, 5.74) is 7.25. The molecule has 8 nitrogen and oxygen atoms in total. The van der Waals surface area contributed by atoms with Gasteiger partial charge in [0.25, 0.3) is 0 Å². The van der Waals surface area contributed by atoms with Crippen LogP contribution in [0, 0.1) is 5.82 Å². The van der Waals surface area contributed by atoms with Gasteiger partial charge in [-0.15, -0.1) is 22.6 Å². The average Bonchev–Trinajstić information content (AvgIpc) is 3.11. The topological polar surface area (TPSA) is 116 Å². The van der Waals surface area contributed by atoms with Gasteiger partial charge in [0.15, 0.2) is 11.6 Å². The monoisotopic (exact) mass is 421 g/mol. The Morgan fingerprint density at radius 2 is 2.00 bits per heavy atom. The highest BCUT2D eigenvalue weighted by Crippen LogP contribution is 2.23. The summed E-state index contributed by atoms with van der Waals surface area (Å²) in [6.45, 7) is 0.457. The van der Waals surface area contributed by atoms with Gasteiger partial charge in [0.1, 0.15) is 0 Å². The van der Waals surface area contributed by atoms with Gasteiger partial charge in [-0.2, -0.15) is 4.80 Å². The molecule has 3 rings (SSSR count). The maximum atomic E-state index is 14.3. The van der Waals surface area contributed by atoms with E-state index in [1.807, 2.05) is 30.3 Å². The summed E-state index contributed by atoms with van der Waals surface area (Å²) in [6, 6.07) is 13.6. The zero-order valence-electron chi connectivity index (χ0n) is 15.4. The fourth-order valence-electron chi connectivity index (χ4n) is 2.62. The van der Waals surface area contributed by atoms with E-state index in [2.05, 4.69) is 15.4 Å². The zero-order chi connectivity index (χ0) is 19.9. The lowest BCUT2D eigenvalue weighted by Crippen LogP contribution is -2.30. The van der Waals surface area contributed by atoms with Crippen molar-refractivity contribution >= 4 is 18.4 Å². The molecule has 29 heavy (non-hydrogen) atoms. The minimum atomic E-state index is -1.00. The van der Waals surface area contributed by atoms with E-state index >= 15 is 0 Å². The van der Waals surface area contributed by atoms with Crippen LogP contribution in [0.5, 0.6) is 5.75 Å². The molecule has 0 aliphatic heterocycles. The number of ether oxygens (including phenoxy) is 1. The van der Waals surface area contributed by atoms with E-state index in [1.165, 1.54) is 16.9 Å². The van der Waals surface area contributed by atoms with Crippen LogP contribution in [0.4, 0.5) is 4.39 Å². The summed E-state index contributed by atoms with van der Waals surface area (Å²) in [6.07, 6.45) is 0.467. The number of tetrazole rings is 1. The average molecular weight is 422 g/mol. The van der Waals surface area contributed by atoms with Gasteiger partial charge in [-0.3, -0.25) is 4.79 Å². The number of hydrogen-bond acceptors (Lipinski definition) is 6. The number of aromatic nitrogens is 4. The number of hydrogen-bond donors (Lipinski definition) is 2. The predicted molar refractivity (Wildman–Crippen MR) is 106 cm³/mol. The van der Waals surface area contributed by atoms with Crippen LogP contribution in [0.2, 0.25) is 0 Å². The molecule has 0 radical (unpaired) electrons. The Kier molecular flexibility index (Phi) is 8.05. The van der Waals surface area contributed by atoms with Crippen molar-refractivity contribution in [3.05, 3.63) is 59.9 Å². The Balaban J connectivity index is 0.00000300. The van der Waals surface area contributed by atoms with Crippen LogP contribution in [0.25, 0.3) is 11.4 Å². The number of halogens is 2. The summed E-state index contributed by atoms with van der Waals surface area (Å²) in [5.74, 6) is -1.16. The van der Waals surface area contributed by atoms with Crippen LogP contribution in [-0.2, 0) is 17.8 Å². The van der Waals surface area contributed by atoms with Gasteiger partial charge in [0.2, 0.25) is 5.82 Å². The summed E-state index contributed by atoms with van der Waals surface area (Å²) in [4.78, 5) is 11.9. The molecule has 2 aromatic carbocycles. The summed E-state index contributed by atoms with van der Waals surface area (Å²) < 4.78 is 19.8. The molecule has 1 heterocycles. The largest absolute Gasteiger partial charge is 0.490 e. The molecule has 0 unspecified atom stereocenters. The van der Waals surface area contributed by atoms with E-state index < -0.39 is 17.8 Å². The zero-order valence-corrected chi connectivity index (χ0v) is 16.3. The first-order valence-corrected chi connectivity index (χ1v) is 8.73. The van der Waals surface area contributed by atoms with Gasteiger partial charge in [0, 0.05) is 18.0 Å². The third-order valence-corrected chi connectivity index (χ3v) is 3.97. The Morgan fingerprint density at radius 3 is 2.69 bits per heavy atom. The van der Waals surface area contributed by atoms with E-state index in [9.17, 15) is 9.18 Å². The fraction of sp³-hybridized carbons (Fsp3) is 0.263. The normalized spacial score (nSPS) is 11.5. The van der Waals surface area contributed by atoms with Crippen LogP contribution in [0.1, 0.15) is 12.0 Å². The molecule has 0 saturated carbocycles. The number of aliphatic carboxylic acids is 1. The number of nitrogens with two attached hydrogens (primary N) is 1. The standard InChI is InChI=1S/C19H20FN5O3.ClH/c20-16-10-14(19-22-24-25(23-19)12-15(21)11-18(26)27)6-7-17(16)28-9-8-13-4-2-1-3-5-13;/h1-7,10,15H,8-9,11-12,21H2,(H,26,27);1H/t15-;/m0./s1. The molecule has 1 atom stereocenters. The van der Waals surface area contributed by atoms with Crippen molar-refractivity contribution in [1.29, 1.82) is 0 Å². The van der Waals surface area contributed by atoms with E-state index in [0.29, 0.717) is 18.6 Å². The van der Waals surface area contributed by atoms with Gasteiger partial charge in [-0.1, -0.05) is 30.3 Å². The second kappa shape index (κ2) is 10.5. The fourth-order valence-corrected chi connectivity index (χ4v) is 2.62. The second-order valence-corrected chi connectivity index (χ2v) is 6.26. The molecule has 1 aromatic heterocycles. The first-order valence-electron chi connectivity index (χ1n) is 8.73. The molecule has 0 spiro atoms. The van der Waals surface area contributed by atoms with Crippen LogP contribution in [-0.4, -0.2) is 43.9 Å². The predicted octanol–water partition coefficient (Wildman–Crippen LogP) is 2.32. The SMILES string of the molecule is Cl.N[C@@H](CC(=O)O)Cn1nnc(-c2ccc(OCCc3ccccc3)c(F)c2)n1. The molecular formula is C19H21ClFN5O3. The van der Waals surface area contributed by atoms with Crippen molar-refractivity contribution in [1.82, 2.24) is 20.2 Å². The number of carboxylic acids is 1. The highest BCUT2D eigenvalue weighted by Gasteiger charge is 2.14. The van der Waals surface area contributed by atoms with Crippen LogP contribution in [0.15, 0.2) is 48.5 Å². The minimum Gasteiger partial charge on any atom is -0.490 e. The van der Waals surface area contributed by atoms with Gasteiger partial charge in [-0.05, 0) is 29.0 Å². The van der Waals surface area contributed by atoms with Gasteiger partial charge in [0.05, 0.1) is 19.6 Å². The highest BCUT2D eigenvalue weighted by molar-refractivity contribution is 5.85. The van der Waals surface area contributed by atoms with Crippen molar-refractivity contribution in [2.75, 3.05) is 6.61 Å². The highest BCUT2D eigenvalue weighted by atomic mass is 35.5. The third kappa shape index (κ3) is 6.51. The molecule has 0 aliphatic carbocycles. The molecule has 154 valence electrons. The van der Waals surface area contributed by atoms with Crippen molar-refractivity contribution in [2.24, 2.45) is 5.73 Å². The number of benzene rings is 2. The lowest BCUT2D eigenvalue weighted by molar-refractivity contribution is -0.137. The molecule has 3 aromatic rings.